The summed E-state index contributed by atoms with van der Waals surface area (Å²) in [4.78, 5) is 2.41. The van der Waals surface area contributed by atoms with E-state index in [2.05, 4.69) is 32.6 Å². The number of hydrogen-bond donors (Lipinski definition) is 1. The lowest BCUT2D eigenvalue weighted by atomic mass is 10.1. The quantitative estimate of drug-likeness (QED) is 0.513. The van der Waals surface area contributed by atoms with Gasteiger partial charge in [0.15, 0.2) is 0 Å². The lowest BCUT2D eigenvalue weighted by molar-refractivity contribution is 0.104. The smallest absolute Gasteiger partial charge is 0.264 e. The second kappa shape index (κ2) is 11.7. The molecule has 0 unspecified atom stereocenters. The molecule has 1 atom stereocenters. The fourth-order valence-electron chi connectivity index (χ4n) is 3.73. The summed E-state index contributed by atoms with van der Waals surface area (Å²) >= 11 is 0. The van der Waals surface area contributed by atoms with Gasteiger partial charge in [0.2, 0.25) is 0 Å². The molecule has 2 rings (SSSR count). The van der Waals surface area contributed by atoms with Gasteiger partial charge in [0.25, 0.3) is 10.0 Å². The summed E-state index contributed by atoms with van der Waals surface area (Å²) in [6.45, 7) is 12.6. The SMILES string of the molecule is COc1ccc(N(C[C@H](O)CN(CC(C)C)CC(C)C)S(=O)(=O)c2ccc(C)cc2)cc1. The average molecular weight is 463 g/mol. The average Bonchev–Trinajstić information content (AvgIpc) is 2.71. The van der Waals surface area contributed by atoms with Crippen molar-refractivity contribution >= 4 is 15.7 Å². The molecule has 0 heterocycles. The number of aryl methyl sites for hydroxylation is 1. The van der Waals surface area contributed by atoms with Gasteiger partial charge >= 0.3 is 0 Å². The van der Waals surface area contributed by atoms with Crippen molar-refractivity contribution in [2.24, 2.45) is 11.8 Å². The first-order valence-corrected chi connectivity index (χ1v) is 12.6. The third kappa shape index (κ3) is 7.50. The number of rotatable bonds is 12. The van der Waals surface area contributed by atoms with Gasteiger partial charge in [0, 0.05) is 19.6 Å². The Balaban J connectivity index is 2.34. The van der Waals surface area contributed by atoms with E-state index in [0.29, 0.717) is 29.8 Å². The van der Waals surface area contributed by atoms with E-state index in [9.17, 15) is 13.5 Å². The molecule has 0 bridgehead atoms. The molecule has 0 aliphatic carbocycles. The van der Waals surface area contributed by atoms with Crippen LogP contribution in [0.2, 0.25) is 0 Å². The zero-order valence-electron chi connectivity index (χ0n) is 20.2. The van der Waals surface area contributed by atoms with E-state index in [1.165, 1.54) is 4.31 Å². The Morgan fingerprint density at radius 3 is 1.84 bits per heavy atom. The van der Waals surface area contributed by atoms with E-state index >= 15 is 0 Å². The van der Waals surface area contributed by atoms with Gasteiger partial charge in [-0.25, -0.2) is 8.42 Å². The van der Waals surface area contributed by atoms with Crippen LogP contribution in [0.4, 0.5) is 5.69 Å². The number of aliphatic hydroxyl groups excluding tert-OH is 1. The van der Waals surface area contributed by atoms with Gasteiger partial charge in [-0.1, -0.05) is 45.4 Å². The highest BCUT2D eigenvalue weighted by molar-refractivity contribution is 7.92. The standard InChI is InChI=1S/C25H38N2O4S/c1-19(2)15-26(16-20(3)4)17-23(28)18-27(22-9-11-24(31-6)12-10-22)32(29,30)25-13-7-21(5)8-14-25/h7-14,19-20,23,28H,15-18H2,1-6H3/t23-/m1/s1. The van der Waals surface area contributed by atoms with Crippen LogP contribution in [0.1, 0.15) is 33.3 Å². The van der Waals surface area contributed by atoms with E-state index in [1.54, 1.807) is 55.6 Å². The monoisotopic (exact) mass is 462 g/mol. The van der Waals surface area contributed by atoms with E-state index in [1.807, 2.05) is 6.92 Å². The molecule has 0 saturated carbocycles. The van der Waals surface area contributed by atoms with Gasteiger partial charge in [-0.3, -0.25) is 4.31 Å². The first kappa shape index (κ1) is 26.2. The first-order valence-electron chi connectivity index (χ1n) is 11.2. The Kier molecular flexibility index (Phi) is 9.55. The molecule has 0 aliphatic rings. The molecule has 7 heteroatoms. The Morgan fingerprint density at radius 2 is 1.38 bits per heavy atom. The summed E-state index contributed by atoms with van der Waals surface area (Å²) in [7, 11) is -2.29. The highest BCUT2D eigenvalue weighted by Crippen LogP contribution is 2.26. The van der Waals surface area contributed by atoms with Crippen LogP contribution < -0.4 is 9.04 Å². The predicted octanol–water partition coefficient (Wildman–Crippen LogP) is 4.17. The number of nitrogens with zero attached hydrogens (tertiary/aromatic N) is 2. The number of ether oxygens (including phenoxy) is 1. The van der Waals surface area contributed by atoms with Crippen LogP contribution in [-0.4, -0.2) is 57.8 Å². The van der Waals surface area contributed by atoms with Gasteiger partial charge < -0.3 is 14.7 Å². The summed E-state index contributed by atoms with van der Waals surface area (Å²) in [5.41, 5.74) is 1.47. The highest BCUT2D eigenvalue weighted by atomic mass is 32.2. The summed E-state index contributed by atoms with van der Waals surface area (Å²) in [5, 5.41) is 11.0. The molecular formula is C25H38N2O4S. The van der Waals surface area contributed by atoms with Gasteiger partial charge in [0.05, 0.1) is 30.3 Å². The summed E-state index contributed by atoms with van der Waals surface area (Å²) in [6.07, 6.45) is -0.838. The van der Waals surface area contributed by atoms with Crippen LogP contribution in [0.3, 0.4) is 0 Å². The molecule has 2 aromatic rings. The minimum absolute atomic E-state index is 0.0325. The van der Waals surface area contributed by atoms with Crippen molar-refractivity contribution in [1.29, 1.82) is 0 Å². The molecule has 0 spiro atoms. The van der Waals surface area contributed by atoms with E-state index in [4.69, 9.17) is 4.74 Å². The fraction of sp³-hybridized carbons (Fsp3) is 0.520. The molecule has 2 aromatic carbocycles. The lowest BCUT2D eigenvalue weighted by Gasteiger charge is -2.31. The van der Waals surface area contributed by atoms with Crippen molar-refractivity contribution in [2.45, 2.75) is 45.6 Å². The Bertz CT molecular complexity index is 915. The van der Waals surface area contributed by atoms with Crippen LogP contribution >= 0.6 is 0 Å². The molecule has 178 valence electrons. The largest absolute Gasteiger partial charge is 0.497 e. The molecule has 0 aliphatic heterocycles. The minimum Gasteiger partial charge on any atom is -0.497 e. The molecule has 6 nitrogen and oxygen atoms in total. The zero-order valence-corrected chi connectivity index (χ0v) is 21.0. The van der Waals surface area contributed by atoms with Crippen molar-refractivity contribution in [3.8, 4) is 5.75 Å². The summed E-state index contributed by atoms with van der Waals surface area (Å²) < 4.78 is 33.6. The summed E-state index contributed by atoms with van der Waals surface area (Å²) in [5.74, 6) is 1.55. The number of hydrogen-bond acceptors (Lipinski definition) is 5. The Hall–Kier alpha value is -2.09. The maximum Gasteiger partial charge on any atom is 0.264 e. The van der Waals surface area contributed by atoms with Crippen LogP contribution in [-0.2, 0) is 10.0 Å². The lowest BCUT2D eigenvalue weighted by Crippen LogP contribution is -2.44. The molecular weight excluding hydrogens is 424 g/mol. The molecule has 0 saturated heterocycles. The number of anilines is 1. The van der Waals surface area contributed by atoms with Crippen LogP contribution in [0.15, 0.2) is 53.4 Å². The van der Waals surface area contributed by atoms with Crippen LogP contribution in [0.5, 0.6) is 5.75 Å². The number of sulfonamides is 1. The van der Waals surface area contributed by atoms with Crippen molar-refractivity contribution < 1.29 is 18.3 Å². The van der Waals surface area contributed by atoms with Crippen molar-refractivity contribution in [2.75, 3.05) is 37.6 Å². The molecule has 0 radical (unpaired) electrons. The Labute approximate surface area is 193 Å². The van der Waals surface area contributed by atoms with Crippen molar-refractivity contribution in [3.63, 3.8) is 0 Å². The predicted molar refractivity (Wildman–Crippen MR) is 131 cm³/mol. The van der Waals surface area contributed by atoms with E-state index in [0.717, 1.165) is 18.7 Å². The van der Waals surface area contributed by atoms with Gasteiger partial charge in [0.1, 0.15) is 5.75 Å². The second-order valence-corrected chi connectivity index (χ2v) is 11.1. The maximum absolute atomic E-state index is 13.5. The first-order chi connectivity index (χ1) is 15.0. The topological polar surface area (TPSA) is 70.1 Å². The molecule has 32 heavy (non-hydrogen) atoms. The van der Waals surface area contributed by atoms with E-state index < -0.39 is 16.1 Å². The maximum atomic E-state index is 13.5. The van der Waals surface area contributed by atoms with Crippen molar-refractivity contribution in [3.05, 3.63) is 54.1 Å². The molecule has 0 fully saturated rings. The zero-order chi connectivity index (χ0) is 23.9. The number of methoxy groups -OCH3 is 1. The van der Waals surface area contributed by atoms with Crippen LogP contribution in [0.25, 0.3) is 0 Å². The Morgan fingerprint density at radius 1 is 0.844 bits per heavy atom. The molecule has 0 amide bonds. The van der Waals surface area contributed by atoms with Crippen LogP contribution in [0, 0.1) is 18.8 Å². The highest BCUT2D eigenvalue weighted by Gasteiger charge is 2.28. The normalized spacial score (nSPS) is 13.1. The molecule has 1 N–H and O–H groups in total. The van der Waals surface area contributed by atoms with E-state index in [-0.39, 0.29) is 11.4 Å². The second-order valence-electron chi connectivity index (χ2n) is 9.21. The van der Waals surface area contributed by atoms with Gasteiger partial charge in [-0.05, 0) is 55.2 Å². The summed E-state index contributed by atoms with van der Waals surface area (Å²) in [6, 6.07) is 13.6. The minimum atomic E-state index is -3.85. The number of aliphatic hydroxyl groups is 1. The fourth-order valence-corrected chi connectivity index (χ4v) is 5.23. The number of benzene rings is 2. The molecule has 0 aromatic heterocycles. The van der Waals surface area contributed by atoms with Gasteiger partial charge in [-0.2, -0.15) is 0 Å². The van der Waals surface area contributed by atoms with Crippen molar-refractivity contribution in [1.82, 2.24) is 4.90 Å². The third-order valence-corrected chi connectivity index (χ3v) is 6.87. The third-order valence-electron chi connectivity index (χ3n) is 5.06. The van der Waals surface area contributed by atoms with Gasteiger partial charge in [-0.15, -0.1) is 0 Å².